The highest BCUT2D eigenvalue weighted by Gasteiger charge is 2.25. The van der Waals surface area contributed by atoms with Gasteiger partial charge in [-0.3, -0.25) is 4.79 Å². The second-order valence-electron chi connectivity index (χ2n) is 6.79. The molecule has 2 aromatic rings. The first-order valence-corrected chi connectivity index (χ1v) is 11.2. The van der Waals surface area contributed by atoms with Gasteiger partial charge in [-0.2, -0.15) is 0 Å². The Bertz CT molecular complexity index is 1090. The lowest BCUT2D eigenvalue weighted by Crippen LogP contribution is -2.09. The fourth-order valence-corrected chi connectivity index (χ4v) is 3.46. The van der Waals surface area contributed by atoms with Crippen molar-refractivity contribution < 1.29 is 23.8 Å². The zero-order valence-electron chi connectivity index (χ0n) is 17.3. The van der Waals surface area contributed by atoms with E-state index in [4.69, 9.17) is 25.8 Å². The molecular formula is C23H21ClINO5. The Labute approximate surface area is 199 Å². The fraction of sp³-hybridized carbons (Fsp3) is 0.261. The van der Waals surface area contributed by atoms with Crippen LogP contribution in [-0.4, -0.2) is 24.4 Å². The predicted molar refractivity (Wildman–Crippen MR) is 128 cm³/mol. The van der Waals surface area contributed by atoms with Crippen LogP contribution in [0.25, 0.3) is 6.08 Å². The molecule has 6 nitrogen and oxygen atoms in total. The summed E-state index contributed by atoms with van der Waals surface area (Å²) in [5, 5.41) is 0.200. The Kier molecular flexibility index (Phi) is 7.72. The van der Waals surface area contributed by atoms with Crippen LogP contribution >= 0.6 is 34.2 Å². The number of rotatable bonds is 7. The molecule has 0 unspecified atom stereocenters. The van der Waals surface area contributed by atoms with Gasteiger partial charge in [-0.25, -0.2) is 9.79 Å². The lowest BCUT2D eigenvalue weighted by atomic mass is 10.1. The summed E-state index contributed by atoms with van der Waals surface area (Å²) in [7, 11) is 0. The molecule has 0 spiro atoms. The number of esters is 2. The Morgan fingerprint density at radius 3 is 2.71 bits per heavy atom. The molecule has 0 aromatic heterocycles. The number of carbonyl (C=O) groups excluding carboxylic acids is 2. The van der Waals surface area contributed by atoms with Crippen LogP contribution in [0.4, 0.5) is 0 Å². The van der Waals surface area contributed by atoms with Crippen molar-refractivity contribution in [2.45, 2.75) is 33.6 Å². The number of aryl methyl sites for hydroxylation is 1. The van der Waals surface area contributed by atoms with Crippen molar-refractivity contribution in [1.29, 1.82) is 0 Å². The van der Waals surface area contributed by atoms with Crippen LogP contribution in [0, 0.1) is 10.5 Å². The maximum Gasteiger partial charge on any atom is 0.363 e. The standard InChI is InChI=1S/C23H21ClINO5/c1-4-6-20(27)30-21-16(24)10-14(12-19(21)29-5-2)11-18-23(28)31-22(26-18)15-7-8-17(25)13(3)9-15/h7-12H,4-6H2,1-3H3/b18-11-. The summed E-state index contributed by atoms with van der Waals surface area (Å²) >= 11 is 8.59. The molecular weight excluding hydrogens is 533 g/mol. The van der Waals surface area contributed by atoms with Crippen LogP contribution < -0.4 is 9.47 Å². The third-order valence-corrected chi connectivity index (χ3v) is 5.82. The Morgan fingerprint density at radius 2 is 2.03 bits per heavy atom. The van der Waals surface area contributed by atoms with Gasteiger partial charge >= 0.3 is 11.9 Å². The summed E-state index contributed by atoms with van der Waals surface area (Å²) in [4.78, 5) is 28.6. The average Bonchev–Trinajstić information content (AvgIpc) is 3.07. The number of ether oxygens (including phenoxy) is 3. The Morgan fingerprint density at radius 1 is 1.26 bits per heavy atom. The molecule has 1 aliphatic heterocycles. The fourth-order valence-electron chi connectivity index (χ4n) is 2.87. The molecule has 3 rings (SSSR count). The van der Waals surface area contributed by atoms with Gasteiger partial charge in [0.15, 0.2) is 17.2 Å². The quantitative estimate of drug-likeness (QED) is 0.190. The smallest absolute Gasteiger partial charge is 0.363 e. The summed E-state index contributed by atoms with van der Waals surface area (Å²) in [5.41, 5.74) is 2.50. The van der Waals surface area contributed by atoms with E-state index in [0.717, 1.165) is 14.7 Å². The average molecular weight is 554 g/mol. The maximum atomic E-state index is 12.4. The van der Waals surface area contributed by atoms with E-state index in [2.05, 4.69) is 27.6 Å². The highest BCUT2D eigenvalue weighted by Crippen LogP contribution is 2.38. The SMILES string of the molecule is CCCC(=O)Oc1c(Cl)cc(/C=C2\N=C(c3ccc(I)c(C)c3)OC2=O)cc1OCC. The molecule has 1 aliphatic rings. The minimum atomic E-state index is -0.557. The number of benzene rings is 2. The van der Waals surface area contributed by atoms with Crippen molar-refractivity contribution in [3.05, 3.63) is 61.3 Å². The van der Waals surface area contributed by atoms with E-state index in [9.17, 15) is 9.59 Å². The number of aliphatic imine (C=N–C) groups is 1. The number of cyclic esters (lactones) is 1. The van der Waals surface area contributed by atoms with E-state index >= 15 is 0 Å². The van der Waals surface area contributed by atoms with Crippen LogP contribution in [0.2, 0.25) is 5.02 Å². The van der Waals surface area contributed by atoms with Crippen molar-refractivity contribution in [2.24, 2.45) is 4.99 Å². The zero-order chi connectivity index (χ0) is 22.5. The van der Waals surface area contributed by atoms with Crippen molar-refractivity contribution in [3.8, 4) is 11.5 Å². The number of halogens is 2. The van der Waals surface area contributed by atoms with Gasteiger partial charge in [0.1, 0.15) is 0 Å². The van der Waals surface area contributed by atoms with Gasteiger partial charge in [0.25, 0.3) is 0 Å². The molecule has 8 heteroatoms. The largest absolute Gasteiger partial charge is 0.490 e. The predicted octanol–water partition coefficient (Wildman–Crippen LogP) is 5.70. The third kappa shape index (κ3) is 5.65. The van der Waals surface area contributed by atoms with Gasteiger partial charge in [0, 0.05) is 15.6 Å². The van der Waals surface area contributed by atoms with Crippen molar-refractivity contribution in [1.82, 2.24) is 0 Å². The molecule has 0 N–H and O–H groups in total. The summed E-state index contributed by atoms with van der Waals surface area (Å²) < 4.78 is 17.4. The molecule has 0 saturated heterocycles. The summed E-state index contributed by atoms with van der Waals surface area (Å²) in [6.07, 6.45) is 2.49. The maximum absolute atomic E-state index is 12.4. The number of nitrogens with zero attached hydrogens (tertiary/aromatic N) is 1. The normalized spacial score (nSPS) is 14.4. The van der Waals surface area contributed by atoms with Crippen molar-refractivity contribution in [3.63, 3.8) is 0 Å². The second kappa shape index (κ2) is 10.3. The van der Waals surface area contributed by atoms with Crippen LogP contribution in [0.15, 0.2) is 41.0 Å². The van der Waals surface area contributed by atoms with E-state index in [0.29, 0.717) is 24.3 Å². The van der Waals surface area contributed by atoms with Gasteiger partial charge in [0.2, 0.25) is 5.90 Å². The van der Waals surface area contributed by atoms with Gasteiger partial charge in [0.05, 0.1) is 11.6 Å². The molecule has 1 heterocycles. The third-order valence-electron chi connectivity index (χ3n) is 4.33. The first kappa shape index (κ1) is 23.3. The Hall–Kier alpha value is -2.39. The van der Waals surface area contributed by atoms with Crippen LogP contribution in [0.5, 0.6) is 11.5 Å². The minimum absolute atomic E-state index is 0.139. The lowest BCUT2D eigenvalue weighted by molar-refractivity contribution is -0.134. The molecule has 0 saturated carbocycles. The van der Waals surface area contributed by atoms with E-state index in [1.807, 2.05) is 39.0 Å². The summed E-state index contributed by atoms with van der Waals surface area (Å²) in [6, 6.07) is 8.94. The Balaban J connectivity index is 1.94. The monoisotopic (exact) mass is 553 g/mol. The van der Waals surface area contributed by atoms with Gasteiger partial charge in [-0.15, -0.1) is 0 Å². The number of hydrogen-bond acceptors (Lipinski definition) is 6. The summed E-state index contributed by atoms with van der Waals surface area (Å²) in [6.45, 7) is 6.02. The molecule has 162 valence electrons. The zero-order valence-corrected chi connectivity index (χ0v) is 20.2. The van der Waals surface area contributed by atoms with E-state index in [1.54, 1.807) is 18.2 Å². The van der Waals surface area contributed by atoms with E-state index in [1.165, 1.54) is 0 Å². The molecule has 31 heavy (non-hydrogen) atoms. The molecule has 0 aliphatic carbocycles. The number of carbonyl (C=O) groups is 2. The van der Waals surface area contributed by atoms with Crippen LogP contribution in [-0.2, 0) is 14.3 Å². The van der Waals surface area contributed by atoms with Crippen LogP contribution in [0.3, 0.4) is 0 Å². The second-order valence-corrected chi connectivity index (χ2v) is 8.36. The van der Waals surface area contributed by atoms with Gasteiger partial charge < -0.3 is 14.2 Å². The van der Waals surface area contributed by atoms with Gasteiger partial charge in [-0.1, -0.05) is 18.5 Å². The highest BCUT2D eigenvalue weighted by molar-refractivity contribution is 14.1. The molecule has 0 radical (unpaired) electrons. The summed E-state index contributed by atoms with van der Waals surface area (Å²) in [5.74, 6) is -0.222. The highest BCUT2D eigenvalue weighted by atomic mass is 127. The first-order valence-electron chi connectivity index (χ1n) is 9.78. The van der Waals surface area contributed by atoms with Crippen LogP contribution in [0.1, 0.15) is 43.4 Å². The van der Waals surface area contributed by atoms with E-state index in [-0.39, 0.29) is 28.8 Å². The van der Waals surface area contributed by atoms with Crippen molar-refractivity contribution in [2.75, 3.05) is 6.61 Å². The molecule has 0 amide bonds. The molecule has 0 bridgehead atoms. The van der Waals surface area contributed by atoms with Gasteiger partial charge in [-0.05, 0) is 90.4 Å². The number of hydrogen-bond donors (Lipinski definition) is 0. The molecule has 2 aromatic carbocycles. The first-order chi connectivity index (χ1) is 14.8. The molecule has 0 atom stereocenters. The lowest BCUT2D eigenvalue weighted by Gasteiger charge is -2.13. The van der Waals surface area contributed by atoms with Crippen molar-refractivity contribution >= 4 is 58.1 Å². The topological polar surface area (TPSA) is 74.2 Å². The van der Waals surface area contributed by atoms with E-state index < -0.39 is 11.9 Å². The molecule has 0 fully saturated rings. The minimum Gasteiger partial charge on any atom is -0.490 e.